The van der Waals surface area contributed by atoms with Crippen molar-refractivity contribution in [1.82, 2.24) is 14.9 Å². The number of aromatic nitrogens is 2. The van der Waals surface area contributed by atoms with Crippen LogP contribution in [0.15, 0.2) is 60.0 Å². The van der Waals surface area contributed by atoms with Gasteiger partial charge in [-0.05, 0) is 36.6 Å². The van der Waals surface area contributed by atoms with E-state index >= 15 is 0 Å². The highest BCUT2D eigenvalue weighted by atomic mass is 32.1. The number of thiophene rings is 1. The molecule has 0 spiro atoms. The summed E-state index contributed by atoms with van der Waals surface area (Å²) in [6.07, 6.45) is -1.14. The van der Waals surface area contributed by atoms with Crippen LogP contribution in [0.1, 0.15) is 39.3 Å². The van der Waals surface area contributed by atoms with E-state index in [1.54, 1.807) is 42.5 Å². The highest BCUT2D eigenvalue weighted by Gasteiger charge is 2.52. The van der Waals surface area contributed by atoms with Gasteiger partial charge < -0.3 is 15.2 Å². The van der Waals surface area contributed by atoms with Crippen molar-refractivity contribution >= 4 is 40.3 Å². The molecule has 5 rings (SSSR count). The Bertz CT molecular complexity index is 1350. The smallest absolute Gasteiger partial charge is 0.413 e. The Morgan fingerprint density at radius 3 is 2.72 bits per heavy atom. The van der Waals surface area contributed by atoms with Crippen molar-refractivity contribution in [3.8, 4) is 0 Å². The van der Waals surface area contributed by atoms with Gasteiger partial charge in [0.05, 0.1) is 17.1 Å². The zero-order chi connectivity index (χ0) is 22.6. The quantitative estimate of drug-likeness (QED) is 0.435. The molecule has 2 atom stereocenters. The number of aliphatic hydroxyl groups is 1. The molecule has 2 unspecified atom stereocenters. The van der Waals surface area contributed by atoms with Crippen molar-refractivity contribution in [2.75, 3.05) is 11.9 Å². The number of fused-ring (bicyclic) bond motifs is 2. The summed E-state index contributed by atoms with van der Waals surface area (Å²) in [6.45, 7) is 1.90. The Labute approximate surface area is 187 Å². The number of hydrogen-bond acceptors (Lipinski definition) is 5. The van der Waals surface area contributed by atoms with Gasteiger partial charge in [-0.25, -0.2) is 9.78 Å². The predicted octanol–water partition coefficient (Wildman–Crippen LogP) is 4.15. The number of amides is 2. The number of nitrogens with one attached hydrogen (secondary N) is 1. The summed E-state index contributed by atoms with van der Waals surface area (Å²) in [6, 6.07) is 15.7. The van der Waals surface area contributed by atoms with Crippen molar-refractivity contribution in [1.29, 1.82) is 0 Å². The van der Waals surface area contributed by atoms with Crippen LogP contribution in [0.4, 0.5) is 10.7 Å². The molecule has 1 aliphatic heterocycles. The van der Waals surface area contributed by atoms with Crippen LogP contribution in [-0.4, -0.2) is 44.1 Å². The summed E-state index contributed by atoms with van der Waals surface area (Å²) in [5.74, 6) is -0.0802. The molecule has 162 valence electrons. The zero-order valence-corrected chi connectivity index (χ0v) is 18.1. The molecule has 0 aliphatic carbocycles. The maximum Gasteiger partial charge on any atom is 0.413 e. The molecule has 8 nitrogen and oxygen atoms in total. The third-order valence-electron chi connectivity index (χ3n) is 5.92. The lowest BCUT2D eigenvalue weighted by Crippen LogP contribution is -2.45. The number of carbonyl (C=O) groups is 2. The van der Waals surface area contributed by atoms with E-state index < -0.39 is 11.8 Å². The molecule has 32 heavy (non-hydrogen) atoms. The molecule has 4 aromatic rings. The molecule has 2 amide bonds. The molecule has 0 fully saturated rings. The lowest BCUT2D eigenvalue weighted by molar-refractivity contribution is -0.0670. The number of hydrogen-bond donors (Lipinski definition) is 3. The molecule has 2 aromatic carbocycles. The second kappa shape index (κ2) is 7.18. The number of H-pyrrole nitrogens is 1. The number of rotatable bonds is 4. The first-order valence-corrected chi connectivity index (χ1v) is 10.9. The Hall–Kier alpha value is -3.69. The molecule has 2 aromatic heterocycles. The van der Waals surface area contributed by atoms with Crippen LogP contribution in [0.25, 0.3) is 11.0 Å². The predicted molar refractivity (Wildman–Crippen MR) is 121 cm³/mol. The van der Waals surface area contributed by atoms with Crippen molar-refractivity contribution in [3.05, 3.63) is 81.5 Å². The fraction of sp³-hybridized carbons (Fsp3) is 0.174. The number of aromatic amines is 1. The van der Waals surface area contributed by atoms with E-state index in [9.17, 15) is 19.8 Å². The van der Waals surface area contributed by atoms with Crippen molar-refractivity contribution in [2.45, 2.75) is 18.7 Å². The van der Waals surface area contributed by atoms with Crippen LogP contribution in [0.5, 0.6) is 0 Å². The van der Waals surface area contributed by atoms with Crippen molar-refractivity contribution < 1.29 is 19.8 Å². The van der Waals surface area contributed by atoms with E-state index in [-0.39, 0.29) is 17.9 Å². The summed E-state index contributed by atoms with van der Waals surface area (Å²) in [5.41, 5.74) is 0.856. The van der Waals surface area contributed by atoms with Gasteiger partial charge in [-0.2, -0.15) is 0 Å². The van der Waals surface area contributed by atoms with Gasteiger partial charge in [-0.15, -0.1) is 11.3 Å². The van der Waals surface area contributed by atoms with Crippen LogP contribution in [0.2, 0.25) is 0 Å². The zero-order valence-electron chi connectivity index (χ0n) is 17.3. The van der Waals surface area contributed by atoms with E-state index in [1.165, 1.54) is 23.3 Å². The van der Waals surface area contributed by atoms with Gasteiger partial charge in [0.15, 0.2) is 5.72 Å². The van der Waals surface area contributed by atoms with Crippen molar-refractivity contribution in [3.63, 3.8) is 0 Å². The molecule has 0 radical (unpaired) electrons. The van der Waals surface area contributed by atoms with Crippen LogP contribution >= 0.6 is 11.3 Å². The Balaban J connectivity index is 1.68. The third-order valence-corrected chi connectivity index (χ3v) is 6.96. The first-order chi connectivity index (χ1) is 15.3. The third kappa shape index (κ3) is 2.82. The van der Waals surface area contributed by atoms with Crippen LogP contribution in [0.3, 0.4) is 0 Å². The Kier molecular flexibility index (Phi) is 4.54. The maximum absolute atomic E-state index is 13.4. The molecule has 9 heteroatoms. The van der Waals surface area contributed by atoms with E-state index in [0.717, 1.165) is 9.78 Å². The van der Waals surface area contributed by atoms with Crippen LogP contribution in [0, 0.1) is 0 Å². The van der Waals surface area contributed by atoms with E-state index in [1.807, 2.05) is 24.4 Å². The second-order valence-corrected chi connectivity index (χ2v) is 8.70. The lowest BCUT2D eigenvalue weighted by Gasteiger charge is -2.38. The standard InChI is InChI=1S/C23H20N4O4S/c1-13(19-8-5-11-32-19)27-20(28)15-6-3-4-7-16(15)23(27,31)14-9-10-17-18(12-14)25-21(24-17)26(2)22(29)30/h3-13,31H,1-2H3,(H,24,25)(H,29,30). The highest BCUT2D eigenvalue weighted by molar-refractivity contribution is 7.10. The summed E-state index contributed by atoms with van der Waals surface area (Å²) in [7, 11) is 1.39. The second-order valence-electron chi connectivity index (χ2n) is 7.72. The van der Waals surface area contributed by atoms with E-state index in [2.05, 4.69) is 9.97 Å². The molecule has 0 saturated heterocycles. The Morgan fingerprint density at radius 2 is 2.00 bits per heavy atom. The molecule has 0 bridgehead atoms. The number of benzene rings is 2. The van der Waals surface area contributed by atoms with Gasteiger partial charge in [0.1, 0.15) is 0 Å². The molecule has 3 N–H and O–H groups in total. The minimum Gasteiger partial charge on any atom is -0.465 e. The first-order valence-electron chi connectivity index (χ1n) is 9.98. The molecule has 3 heterocycles. The van der Waals surface area contributed by atoms with Gasteiger partial charge in [0.2, 0.25) is 5.95 Å². The molecule has 1 aliphatic rings. The number of anilines is 1. The highest BCUT2D eigenvalue weighted by Crippen LogP contribution is 2.47. The number of imidazole rings is 1. The summed E-state index contributed by atoms with van der Waals surface area (Å²) in [5, 5.41) is 23.3. The lowest BCUT2D eigenvalue weighted by atomic mass is 9.93. The average molecular weight is 449 g/mol. The topological polar surface area (TPSA) is 110 Å². The van der Waals surface area contributed by atoms with E-state index in [0.29, 0.717) is 27.7 Å². The molecular weight excluding hydrogens is 428 g/mol. The minimum absolute atomic E-state index is 0.170. The average Bonchev–Trinajstić information content (AvgIpc) is 3.51. The van der Waals surface area contributed by atoms with Gasteiger partial charge in [-0.1, -0.05) is 30.3 Å². The summed E-state index contributed by atoms with van der Waals surface area (Å²) in [4.78, 5) is 35.5. The minimum atomic E-state index is -1.70. The van der Waals surface area contributed by atoms with E-state index in [4.69, 9.17) is 0 Å². The van der Waals surface area contributed by atoms with Gasteiger partial charge in [-0.3, -0.25) is 14.6 Å². The van der Waals surface area contributed by atoms with Gasteiger partial charge in [0, 0.05) is 28.6 Å². The fourth-order valence-electron chi connectivity index (χ4n) is 4.25. The van der Waals surface area contributed by atoms with Crippen molar-refractivity contribution in [2.24, 2.45) is 0 Å². The normalized spacial score (nSPS) is 18.7. The number of nitrogens with zero attached hydrogens (tertiary/aromatic N) is 3. The first kappa shape index (κ1) is 20.2. The summed E-state index contributed by atoms with van der Waals surface area (Å²) >= 11 is 1.52. The maximum atomic E-state index is 13.4. The number of carboxylic acid groups (broad SMARTS) is 1. The molecular formula is C23H20N4O4S. The monoisotopic (exact) mass is 448 g/mol. The largest absolute Gasteiger partial charge is 0.465 e. The molecule has 0 saturated carbocycles. The number of carbonyl (C=O) groups excluding carboxylic acids is 1. The SMILES string of the molecule is CC(c1cccs1)N1C(=O)c2ccccc2C1(O)c1ccc2nc(N(C)C(=O)O)[nH]c2c1. The van der Waals surface area contributed by atoms with Crippen LogP contribution in [-0.2, 0) is 5.72 Å². The van der Waals surface area contributed by atoms with Gasteiger partial charge in [0.25, 0.3) is 5.91 Å². The fourth-order valence-corrected chi connectivity index (χ4v) is 5.02. The van der Waals surface area contributed by atoms with Gasteiger partial charge >= 0.3 is 6.09 Å². The Morgan fingerprint density at radius 1 is 1.22 bits per heavy atom. The van der Waals surface area contributed by atoms with Crippen LogP contribution < -0.4 is 4.90 Å². The summed E-state index contributed by atoms with van der Waals surface area (Å²) < 4.78 is 0.